The molecular weight excluding hydrogens is 218 g/mol. The number of aromatic nitrogens is 1. The van der Waals surface area contributed by atoms with Crippen molar-refractivity contribution in [1.29, 1.82) is 0 Å². The van der Waals surface area contributed by atoms with E-state index in [-0.39, 0.29) is 0 Å². The number of nitrogens with zero attached hydrogens (tertiary/aromatic N) is 2. The topological polar surface area (TPSA) is 28.2 Å². The minimum atomic E-state index is 0.454. The highest BCUT2D eigenvalue weighted by molar-refractivity contribution is 7.09. The van der Waals surface area contributed by atoms with Crippen LogP contribution in [0.4, 0.5) is 0 Å². The SMILES string of the molecule is C#CCNCC(C)N(C)Cc1csc(C)n1. The van der Waals surface area contributed by atoms with Crippen molar-refractivity contribution in [2.75, 3.05) is 20.1 Å². The average Bonchev–Trinajstić information content (AvgIpc) is 2.64. The Labute approximate surface area is 102 Å². The summed E-state index contributed by atoms with van der Waals surface area (Å²) in [6.45, 7) is 6.65. The molecule has 16 heavy (non-hydrogen) atoms. The van der Waals surface area contributed by atoms with Gasteiger partial charge in [0.1, 0.15) is 0 Å². The van der Waals surface area contributed by atoms with Crippen molar-refractivity contribution in [1.82, 2.24) is 15.2 Å². The average molecular weight is 237 g/mol. The second kappa shape index (κ2) is 6.64. The summed E-state index contributed by atoms with van der Waals surface area (Å²) in [6, 6.07) is 0.454. The van der Waals surface area contributed by atoms with Crippen molar-refractivity contribution in [3.63, 3.8) is 0 Å². The fourth-order valence-corrected chi connectivity index (χ4v) is 2.01. The van der Waals surface area contributed by atoms with Crippen LogP contribution >= 0.6 is 11.3 Å². The number of nitrogens with one attached hydrogen (secondary N) is 1. The molecule has 0 spiro atoms. The molecule has 0 aromatic carbocycles. The second-order valence-electron chi connectivity index (χ2n) is 3.96. The van der Waals surface area contributed by atoms with Gasteiger partial charge in [-0.25, -0.2) is 4.98 Å². The highest BCUT2D eigenvalue weighted by atomic mass is 32.1. The minimum Gasteiger partial charge on any atom is -0.305 e. The molecule has 1 unspecified atom stereocenters. The van der Waals surface area contributed by atoms with Crippen molar-refractivity contribution >= 4 is 11.3 Å². The van der Waals surface area contributed by atoms with Gasteiger partial charge in [-0.15, -0.1) is 17.8 Å². The van der Waals surface area contributed by atoms with E-state index >= 15 is 0 Å². The third-order valence-corrected chi connectivity index (χ3v) is 3.32. The van der Waals surface area contributed by atoms with Gasteiger partial charge in [0.25, 0.3) is 0 Å². The maximum Gasteiger partial charge on any atom is 0.0897 e. The molecule has 0 radical (unpaired) electrons. The first-order valence-electron chi connectivity index (χ1n) is 5.39. The minimum absolute atomic E-state index is 0.454. The van der Waals surface area contributed by atoms with Crippen molar-refractivity contribution in [3.8, 4) is 12.3 Å². The van der Waals surface area contributed by atoms with E-state index in [0.29, 0.717) is 12.6 Å². The second-order valence-corrected chi connectivity index (χ2v) is 5.02. The quantitative estimate of drug-likeness (QED) is 0.600. The van der Waals surface area contributed by atoms with E-state index in [1.54, 1.807) is 11.3 Å². The van der Waals surface area contributed by atoms with Gasteiger partial charge in [-0.3, -0.25) is 4.90 Å². The molecule has 0 amide bonds. The van der Waals surface area contributed by atoms with Gasteiger partial charge in [-0.1, -0.05) is 5.92 Å². The van der Waals surface area contributed by atoms with Gasteiger partial charge in [0.2, 0.25) is 0 Å². The van der Waals surface area contributed by atoms with Gasteiger partial charge in [0, 0.05) is 24.5 Å². The number of hydrogen-bond donors (Lipinski definition) is 1. The van der Waals surface area contributed by atoms with Crippen LogP contribution in [0.1, 0.15) is 17.6 Å². The van der Waals surface area contributed by atoms with Gasteiger partial charge < -0.3 is 5.32 Å². The molecule has 1 aromatic heterocycles. The fourth-order valence-electron chi connectivity index (χ4n) is 1.40. The molecule has 0 aliphatic rings. The Balaban J connectivity index is 2.34. The molecule has 3 nitrogen and oxygen atoms in total. The molecule has 0 aliphatic heterocycles. The van der Waals surface area contributed by atoms with Gasteiger partial charge >= 0.3 is 0 Å². The number of rotatable bonds is 6. The normalized spacial score (nSPS) is 12.7. The summed E-state index contributed by atoms with van der Waals surface area (Å²) in [4.78, 5) is 6.73. The van der Waals surface area contributed by atoms with E-state index in [2.05, 4.69) is 40.5 Å². The van der Waals surface area contributed by atoms with Crippen LogP contribution in [0.25, 0.3) is 0 Å². The van der Waals surface area contributed by atoms with Crippen LogP contribution < -0.4 is 5.32 Å². The summed E-state index contributed by atoms with van der Waals surface area (Å²) in [5.74, 6) is 2.57. The molecule has 0 aliphatic carbocycles. The molecule has 1 N–H and O–H groups in total. The summed E-state index contributed by atoms with van der Waals surface area (Å²) < 4.78 is 0. The standard InChI is InChI=1S/C12H19N3S/c1-5-6-13-7-10(2)15(4)8-12-9-16-11(3)14-12/h1,9-10,13H,6-8H2,2-4H3. The lowest BCUT2D eigenvalue weighted by molar-refractivity contribution is 0.242. The number of thiazole rings is 1. The highest BCUT2D eigenvalue weighted by Gasteiger charge is 2.10. The van der Waals surface area contributed by atoms with E-state index in [0.717, 1.165) is 23.8 Å². The summed E-state index contributed by atoms with van der Waals surface area (Å²) >= 11 is 1.70. The van der Waals surface area contributed by atoms with Crippen LogP contribution in [-0.4, -0.2) is 36.1 Å². The van der Waals surface area contributed by atoms with Gasteiger partial charge in [0.05, 0.1) is 17.2 Å². The molecule has 0 saturated carbocycles. The van der Waals surface area contributed by atoms with Gasteiger partial charge in [0.15, 0.2) is 0 Å². The Hall–Kier alpha value is -0.890. The van der Waals surface area contributed by atoms with Gasteiger partial charge in [-0.2, -0.15) is 0 Å². The molecular formula is C12H19N3S. The molecule has 88 valence electrons. The van der Waals surface area contributed by atoms with E-state index < -0.39 is 0 Å². The molecule has 1 aromatic rings. The number of terminal acetylenes is 1. The van der Waals surface area contributed by atoms with E-state index in [1.165, 1.54) is 0 Å². The summed E-state index contributed by atoms with van der Waals surface area (Å²) in [5.41, 5.74) is 1.15. The lowest BCUT2D eigenvalue weighted by Gasteiger charge is -2.23. The number of aryl methyl sites for hydroxylation is 1. The van der Waals surface area contributed by atoms with Crippen LogP contribution in [0.5, 0.6) is 0 Å². The van der Waals surface area contributed by atoms with Crippen molar-refractivity contribution in [3.05, 3.63) is 16.1 Å². The van der Waals surface area contributed by atoms with E-state index in [1.807, 2.05) is 6.92 Å². The predicted molar refractivity (Wildman–Crippen MR) is 69.5 cm³/mol. The number of likely N-dealkylation sites (N-methyl/N-ethyl adjacent to an activating group) is 1. The maximum absolute atomic E-state index is 5.18. The van der Waals surface area contributed by atoms with Crippen LogP contribution in [0, 0.1) is 19.3 Å². The van der Waals surface area contributed by atoms with Crippen LogP contribution in [-0.2, 0) is 6.54 Å². The Bertz CT molecular complexity index is 353. The first-order valence-corrected chi connectivity index (χ1v) is 6.27. The maximum atomic E-state index is 5.18. The molecule has 4 heteroatoms. The first kappa shape index (κ1) is 13.2. The Morgan fingerprint density at radius 2 is 2.44 bits per heavy atom. The van der Waals surface area contributed by atoms with E-state index in [9.17, 15) is 0 Å². The zero-order valence-corrected chi connectivity index (χ0v) is 11.0. The molecule has 0 bridgehead atoms. The van der Waals surface area contributed by atoms with Crippen molar-refractivity contribution in [2.45, 2.75) is 26.4 Å². The third kappa shape index (κ3) is 4.31. The van der Waals surface area contributed by atoms with Crippen molar-refractivity contribution < 1.29 is 0 Å². The number of hydrogen-bond acceptors (Lipinski definition) is 4. The molecule has 1 rings (SSSR count). The summed E-state index contributed by atoms with van der Waals surface area (Å²) in [7, 11) is 2.11. The monoisotopic (exact) mass is 237 g/mol. The lowest BCUT2D eigenvalue weighted by Crippen LogP contribution is -2.37. The predicted octanol–water partition coefficient (Wildman–Crippen LogP) is 1.49. The Kier molecular flexibility index (Phi) is 5.47. The first-order chi connectivity index (χ1) is 7.63. The smallest absolute Gasteiger partial charge is 0.0897 e. The van der Waals surface area contributed by atoms with Crippen LogP contribution in [0.2, 0.25) is 0 Å². The fraction of sp³-hybridized carbons (Fsp3) is 0.583. The molecule has 1 atom stereocenters. The molecule has 0 saturated heterocycles. The lowest BCUT2D eigenvalue weighted by atomic mass is 10.3. The third-order valence-electron chi connectivity index (χ3n) is 2.50. The molecule has 0 fully saturated rings. The molecule has 1 heterocycles. The summed E-state index contributed by atoms with van der Waals surface area (Å²) in [5, 5.41) is 6.46. The van der Waals surface area contributed by atoms with Gasteiger partial charge in [-0.05, 0) is 20.9 Å². The van der Waals surface area contributed by atoms with E-state index in [4.69, 9.17) is 6.42 Å². The Morgan fingerprint density at radius 1 is 1.69 bits per heavy atom. The largest absolute Gasteiger partial charge is 0.305 e. The van der Waals surface area contributed by atoms with Crippen LogP contribution in [0.3, 0.4) is 0 Å². The van der Waals surface area contributed by atoms with Crippen molar-refractivity contribution in [2.24, 2.45) is 0 Å². The highest BCUT2D eigenvalue weighted by Crippen LogP contribution is 2.10. The van der Waals surface area contributed by atoms with Crippen LogP contribution in [0.15, 0.2) is 5.38 Å². The zero-order valence-electron chi connectivity index (χ0n) is 10.2. The zero-order chi connectivity index (χ0) is 12.0. The Morgan fingerprint density at radius 3 is 3.00 bits per heavy atom. The summed E-state index contributed by atoms with van der Waals surface area (Å²) in [6.07, 6.45) is 5.18.